The van der Waals surface area contributed by atoms with Crippen molar-refractivity contribution in [2.75, 3.05) is 6.54 Å². The van der Waals surface area contributed by atoms with Crippen LogP contribution in [0.3, 0.4) is 0 Å². The maximum absolute atomic E-state index is 5.72. The van der Waals surface area contributed by atoms with E-state index in [1.54, 1.807) is 0 Å². The lowest BCUT2D eigenvalue weighted by molar-refractivity contribution is 0.336. The molecule has 2 heterocycles. The molecule has 5 heteroatoms. The first-order valence-electron chi connectivity index (χ1n) is 4.44. The summed E-state index contributed by atoms with van der Waals surface area (Å²) in [4.78, 5) is 0. The summed E-state index contributed by atoms with van der Waals surface area (Å²) >= 11 is 17.2. The molecule has 0 aromatic carbocycles. The van der Waals surface area contributed by atoms with E-state index in [0.29, 0.717) is 12.0 Å². The summed E-state index contributed by atoms with van der Waals surface area (Å²) in [7, 11) is 0. The van der Waals surface area contributed by atoms with Crippen molar-refractivity contribution in [3.8, 4) is 0 Å². The number of epoxide rings is 1. The van der Waals surface area contributed by atoms with Crippen LogP contribution in [-0.4, -0.2) is 28.6 Å². The molecule has 0 aliphatic carbocycles. The van der Waals surface area contributed by atoms with Crippen LogP contribution in [0.4, 0.5) is 0 Å². The lowest BCUT2D eigenvalue weighted by Gasteiger charge is -2.09. The largest absolute Gasteiger partial charge is 0.363 e. The van der Waals surface area contributed by atoms with Gasteiger partial charge in [0.25, 0.3) is 0 Å². The minimum absolute atomic E-state index is 0.0949. The summed E-state index contributed by atoms with van der Waals surface area (Å²) in [5.74, 6) is 0.699. The van der Waals surface area contributed by atoms with Gasteiger partial charge in [-0.2, -0.15) is 0 Å². The molecule has 2 saturated heterocycles. The van der Waals surface area contributed by atoms with Gasteiger partial charge in [-0.05, 0) is 18.9 Å². The molecule has 0 amide bonds. The van der Waals surface area contributed by atoms with E-state index < -0.39 is 3.79 Å². The van der Waals surface area contributed by atoms with Crippen LogP contribution in [0.2, 0.25) is 0 Å². The van der Waals surface area contributed by atoms with Crippen LogP contribution in [0.15, 0.2) is 0 Å². The van der Waals surface area contributed by atoms with E-state index >= 15 is 0 Å². The fraction of sp³-hybridized carbons (Fsp3) is 1.00. The van der Waals surface area contributed by atoms with Gasteiger partial charge in [0, 0.05) is 6.04 Å². The molecule has 0 bridgehead atoms. The van der Waals surface area contributed by atoms with Gasteiger partial charge in [-0.1, -0.05) is 41.7 Å². The average molecular weight is 245 g/mol. The minimum Gasteiger partial charge on any atom is -0.363 e. The quantitative estimate of drug-likeness (QED) is 0.564. The van der Waals surface area contributed by atoms with Crippen molar-refractivity contribution in [1.29, 1.82) is 0 Å². The van der Waals surface area contributed by atoms with Crippen LogP contribution in [-0.2, 0) is 4.74 Å². The average Bonchev–Trinajstić information content (AvgIpc) is 2.69. The van der Waals surface area contributed by atoms with Gasteiger partial charge in [-0.25, -0.2) is 0 Å². The molecule has 76 valence electrons. The number of nitrogens with one attached hydrogen (secondary N) is 1. The number of rotatable bonds is 1. The monoisotopic (exact) mass is 243 g/mol. The van der Waals surface area contributed by atoms with Crippen molar-refractivity contribution in [3.05, 3.63) is 0 Å². The predicted molar refractivity (Wildman–Crippen MR) is 54.5 cm³/mol. The molecular weight excluding hydrogens is 232 g/mol. The highest BCUT2D eigenvalue weighted by Crippen LogP contribution is 2.46. The third kappa shape index (κ3) is 2.24. The van der Waals surface area contributed by atoms with E-state index in [2.05, 4.69) is 12.2 Å². The number of ether oxygens (including phenoxy) is 1. The van der Waals surface area contributed by atoms with Crippen LogP contribution >= 0.6 is 34.8 Å². The summed E-state index contributed by atoms with van der Waals surface area (Å²) < 4.78 is 4.09. The molecule has 0 aromatic rings. The number of hydrogen-bond acceptors (Lipinski definition) is 2. The Hall–Kier alpha value is 0.790. The second-order valence-electron chi connectivity index (χ2n) is 3.92. The molecule has 2 aliphatic heterocycles. The summed E-state index contributed by atoms with van der Waals surface area (Å²) in [5.41, 5.74) is 0. The normalized spacial score (nSPS) is 45.2. The highest BCUT2D eigenvalue weighted by molar-refractivity contribution is 6.68. The summed E-state index contributed by atoms with van der Waals surface area (Å²) in [6.07, 6.45) is 0.986. The first-order valence-corrected chi connectivity index (χ1v) is 5.57. The van der Waals surface area contributed by atoms with Crippen molar-refractivity contribution in [1.82, 2.24) is 5.32 Å². The van der Waals surface area contributed by atoms with Gasteiger partial charge in [0.05, 0.1) is 0 Å². The van der Waals surface area contributed by atoms with Gasteiger partial charge in [0.15, 0.2) is 0 Å². The van der Waals surface area contributed by atoms with E-state index in [1.807, 2.05) is 0 Å². The molecule has 2 nitrogen and oxygen atoms in total. The van der Waals surface area contributed by atoms with Crippen LogP contribution in [0.5, 0.6) is 0 Å². The summed E-state index contributed by atoms with van der Waals surface area (Å²) in [6, 6.07) is 0.371. The topological polar surface area (TPSA) is 24.6 Å². The van der Waals surface area contributed by atoms with Crippen molar-refractivity contribution < 1.29 is 4.74 Å². The summed E-state index contributed by atoms with van der Waals surface area (Å²) in [5, 5.41) is 3.37. The zero-order valence-corrected chi connectivity index (χ0v) is 9.53. The Morgan fingerprint density at radius 1 is 1.38 bits per heavy atom. The van der Waals surface area contributed by atoms with E-state index in [9.17, 15) is 0 Å². The predicted octanol–water partition coefficient (Wildman–Crippen LogP) is 2.12. The van der Waals surface area contributed by atoms with Gasteiger partial charge in [0.2, 0.25) is 3.79 Å². The Morgan fingerprint density at radius 2 is 2.08 bits per heavy atom. The standard InChI is InChI=1S/C8H12Cl3NO/c1-4-2-5(12-3-4)6-7(13-6)8(9,10)11/h4-7,12H,2-3H2,1H3. The summed E-state index contributed by atoms with van der Waals surface area (Å²) in [6.45, 7) is 3.25. The zero-order chi connectivity index (χ0) is 9.64. The number of hydrogen-bond donors (Lipinski definition) is 1. The zero-order valence-electron chi connectivity index (χ0n) is 7.27. The minimum atomic E-state index is -1.27. The fourth-order valence-corrected chi connectivity index (χ4v) is 2.42. The van der Waals surface area contributed by atoms with Crippen LogP contribution in [0, 0.1) is 5.92 Å². The van der Waals surface area contributed by atoms with Crippen molar-refractivity contribution >= 4 is 34.8 Å². The highest BCUT2D eigenvalue weighted by atomic mass is 35.6. The molecule has 2 aliphatic rings. The van der Waals surface area contributed by atoms with Crippen LogP contribution in [0.1, 0.15) is 13.3 Å². The van der Waals surface area contributed by atoms with Gasteiger partial charge in [-0.3, -0.25) is 0 Å². The molecule has 2 fully saturated rings. The SMILES string of the molecule is CC1CNC(C2OC2C(Cl)(Cl)Cl)C1. The maximum Gasteiger partial charge on any atom is 0.218 e. The first-order chi connectivity index (χ1) is 5.98. The third-order valence-corrected chi connectivity index (χ3v) is 3.27. The van der Waals surface area contributed by atoms with E-state index in [4.69, 9.17) is 39.5 Å². The van der Waals surface area contributed by atoms with Crippen molar-refractivity contribution in [3.63, 3.8) is 0 Å². The van der Waals surface area contributed by atoms with E-state index in [1.165, 1.54) is 0 Å². The highest BCUT2D eigenvalue weighted by Gasteiger charge is 2.56. The van der Waals surface area contributed by atoms with Gasteiger partial charge in [0.1, 0.15) is 12.2 Å². The molecule has 2 rings (SSSR count). The molecule has 0 radical (unpaired) electrons. The molecular formula is C8H12Cl3NO. The van der Waals surface area contributed by atoms with E-state index in [-0.39, 0.29) is 12.2 Å². The second-order valence-corrected chi connectivity index (χ2v) is 6.29. The number of alkyl halides is 3. The van der Waals surface area contributed by atoms with Crippen LogP contribution < -0.4 is 5.32 Å². The second kappa shape index (κ2) is 3.42. The Labute approximate surface area is 92.9 Å². The molecule has 1 N–H and O–H groups in total. The Morgan fingerprint density at radius 3 is 2.46 bits per heavy atom. The molecule has 4 atom stereocenters. The Kier molecular flexibility index (Phi) is 2.72. The maximum atomic E-state index is 5.72. The Balaban J connectivity index is 1.86. The molecule has 4 unspecified atom stereocenters. The Bertz CT molecular complexity index is 206. The molecule has 0 spiro atoms. The lowest BCUT2D eigenvalue weighted by Crippen LogP contribution is -2.31. The first kappa shape index (κ1) is 10.3. The van der Waals surface area contributed by atoms with Crippen molar-refractivity contribution in [2.45, 2.75) is 35.4 Å². The van der Waals surface area contributed by atoms with Gasteiger partial charge in [-0.15, -0.1) is 0 Å². The van der Waals surface area contributed by atoms with Crippen LogP contribution in [0.25, 0.3) is 0 Å². The number of halogens is 3. The molecule has 0 aromatic heterocycles. The smallest absolute Gasteiger partial charge is 0.218 e. The molecule has 13 heavy (non-hydrogen) atoms. The van der Waals surface area contributed by atoms with E-state index in [0.717, 1.165) is 13.0 Å². The molecule has 0 saturated carbocycles. The van der Waals surface area contributed by atoms with Gasteiger partial charge < -0.3 is 10.1 Å². The van der Waals surface area contributed by atoms with Gasteiger partial charge >= 0.3 is 0 Å². The fourth-order valence-electron chi connectivity index (χ4n) is 1.90. The lowest BCUT2D eigenvalue weighted by atomic mass is 10.0. The van der Waals surface area contributed by atoms with Crippen molar-refractivity contribution in [2.24, 2.45) is 5.92 Å². The third-order valence-electron chi connectivity index (χ3n) is 2.63.